The van der Waals surface area contributed by atoms with E-state index in [1.54, 1.807) is 37.1 Å². The van der Waals surface area contributed by atoms with E-state index in [4.69, 9.17) is 0 Å². The Balaban J connectivity index is 2.07. The minimum Gasteiger partial charge on any atom is -0.341 e. The molecule has 0 bridgehead atoms. The van der Waals surface area contributed by atoms with Crippen molar-refractivity contribution in [3.63, 3.8) is 0 Å². The van der Waals surface area contributed by atoms with Gasteiger partial charge in [0.1, 0.15) is 5.82 Å². The number of benzene rings is 1. The Hall–Kier alpha value is -1.38. The Morgan fingerprint density at radius 2 is 2.06 bits per heavy atom. The van der Waals surface area contributed by atoms with Crippen LogP contribution in [-0.4, -0.2) is 24.4 Å². The summed E-state index contributed by atoms with van der Waals surface area (Å²) < 4.78 is 13.9. The fourth-order valence-corrected chi connectivity index (χ4v) is 2.68. The smallest absolute Gasteiger partial charge is 0.256 e. The van der Waals surface area contributed by atoms with Crippen LogP contribution in [0.25, 0.3) is 0 Å². The standard InChI is InChI=1S/C15H20FNO/c1-11-6-5-9-13(14(11)16)15(18)17(2)10-12-7-3-4-8-12/h5-6,9,12H,3-4,7-8,10H2,1-2H3. The normalized spacial score (nSPS) is 15.9. The highest BCUT2D eigenvalue weighted by Gasteiger charge is 2.22. The molecule has 0 N–H and O–H groups in total. The molecular formula is C15H20FNO. The molecule has 0 atom stereocenters. The third-order valence-electron chi connectivity index (χ3n) is 3.78. The first-order valence-corrected chi connectivity index (χ1v) is 6.60. The Kier molecular flexibility index (Phi) is 4.00. The molecule has 1 amide bonds. The van der Waals surface area contributed by atoms with E-state index in [1.165, 1.54) is 25.7 Å². The number of hydrogen-bond acceptors (Lipinski definition) is 1. The van der Waals surface area contributed by atoms with E-state index >= 15 is 0 Å². The molecule has 1 aromatic carbocycles. The van der Waals surface area contributed by atoms with Crippen molar-refractivity contribution < 1.29 is 9.18 Å². The van der Waals surface area contributed by atoms with Gasteiger partial charge in [-0.05, 0) is 37.3 Å². The van der Waals surface area contributed by atoms with Crippen LogP contribution in [0.4, 0.5) is 4.39 Å². The summed E-state index contributed by atoms with van der Waals surface area (Å²) in [6.45, 7) is 2.43. The van der Waals surface area contributed by atoms with E-state index < -0.39 is 0 Å². The summed E-state index contributed by atoms with van der Waals surface area (Å²) in [5.41, 5.74) is 0.714. The fraction of sp³-hybridized carbons (Fsp3) is 0.533. The molecule has 0 aliphatic heterocycles. The molecule has 2 nitrogen and oxygen atoms in total. The van der Waals surface area contributed by atoms with Gasteiger partial charge in [0.15, 0.2) is 0 Å². The molecule has 1 aromatic rings. The third kappa shape index (κ3) is 2.71. The first-order chi connectivity index (χ1) is 8.59. The maximum Gasteiger partial charge on any atom is 0.256 e. The number of aryl methyl sites for hydroxylation is 1. The number of carbonyl (C=O) groups is 1. The van der Waals surface area contributed by atoms with Crippen molar-refractivity contribution in [1.29, 1.82) is 0 Å². The van der Waals surface area contributed by atoms with Crippen molar-refractivity contribution in [2.24, 2.45) is 5.92 Å². The van der Waals surface area contributed by atoms with Crippen molar-refractivity contribution >= 4 is 5.91 Å². The highest BCUT2D eigenvalue weighted by Crippen LogP contribution is 2.25. The average Bonchev–Trinajstić information content (AvgIpc) is 2.84. The van der Waals surface area contributed by atoms with Gasteiger partial charge in [-0.3, -0.25) is 4.79 Å². The van der Waals surface area contributed by atoms with E-state index in [-0.39, 0.29) is 17.3 Å². The lowest BCUT2D eigenvalue weighted by atomic mass is 10.1. The van der Waals surface area contributed by atoms with Crippen LogP contribution in [0.15, 0.2) is 18.2 Å². The van der Waals surface area contributed by atoms with Crippen molar-refractivity contribution in [3.8, 4) is 0 Å². The first-order valence-electron chi connectivity index (χ1n) is 6.60. The van der Waals surface area contributed by atoms with E-state index in [0.29, 0.717) is 11.5 Å². The van der Waals surface area contributed by atoms with Crippen LogP contribution in [0.3, 0.4) is 0 Å². The highest BCUT2D eigenvalue weighted by atomic mass is 19.1. The highest BCUT2D eigenvalue weighted by molar-refractivity contribution is 5.94. The minimum absolute atomic E-state index is 0.190. The molecule has 0 unspecified atom stereocenters. The van der Waals surface area contributed by atoms with E-state index in [0.717, 1.165) is 6.54 Å². The summed E-state index contributed by atoms with van der Waals surface area (Å²) in [4.78, 5) is 13.9. The summed E-state index contributed by atoms with van der Waals surface area (Å²) >= 11 is 0. The lowest BCUT2D eigenvalue weighted by Gasteiger charge is -2.21. The van der Waals surface area contributed by atoms with Gasteiger partial charge in [0, 0.05) is 13.6 Å². The largest absolute Gasteiger partial charge is 0.341 e. The summed E-state index contributed by atoms with van der Waals surface area (Å²) in [5, 5.41) is 0. The predicted octanol–water partition coefficient (Wildman–Crippen LogP) is 3.40. The Morgan fingerprint density at radius 1 is 1.39 bits per heavy atom. The molecule has 2 rings (SSSR count). The van der Waals surface area contributed by atoms with E-state index in [2.05, 4.69) is 0 Å². The predicted molar refractivity (Wildman–Crippen MR) is 70.1 cm³/mol. The van der Waals surface area contributed by atoms with Gasteiger partial charge in [-0.1, -0.05) is 25.0 Å². The van der Waals surface area contributed by atoms with Crippen LogP contribution in [-0.2, 0) is 0 Å². The Labute approximate surface area is 108 Å². The molecule has 98 valence electrons. The molecular weight excluding hydrogens is 229 g/mol. The van der Waals surface area contributed by atoms with E-state index in [1.807, 2.05) is 0 Å². The number of rotatable bonds is 3. The Bertz CT molecular complexity index is 438. The van der Waals surface area contributed by atoms with Crippen LogP contribution in [0.1, 0.15) is 41.6 Å². The first kappa shape index (κ1) is 13.1. The summed E-state index contributed by atoms with van der Waals surface area (Å²) in [5.74, 6) is -0.00399. The molecule has 0 spiro atoms. The molecule has 1 saturated carbocycles. The monoisotopic (exact) mass is 249 g/mol. The molecule has 0 radical (unpaired) electrons. The topological polar surface area (TPSA) is 20.3 Å². The zero-order valence-corrected chi connectivity index (χ0v) is 11.1. The van der Waals surface area contributed by atoms with Crippen LogP contribution >= 0.6 is 0 Å². The maximum absolute atomic E-state index is 13.9. The number of hydrogen-bond donors (Lipinski definition) is 0. The number of amides is 1. The van der Waals surface area contributed by atoms with Gasteiger partial charge in [0.2, 0.25) is 0 Å². The quantitative estimate of drug-likeness (QED) is 0.804. The second-order valence-electron chi connectivity index (χ2n) is 5.27. The van der Waals surface area contributed by atoms with Gasteiger partial charge in [0.05, 0.1) is 5.56 Å². The second-order valence-corrected chi connectivity index (χ2v) is 5.27. The molecule has 3 heteroatoms. The molecule has 0 saturated heterocycles. The third-order valence-corrected chi connectivity index (χ3v) is 3.78. The Morgan fingerprint density at radius 3 is 2.72 bits per heavy atom. The van der Waals surface area contributed by atoms with Crippen LogP contribution in [0.5, 0.6) is 0 Å². The van der Waals surface area contributed by atoms with Crippen LogP contribution < -0.4 is 0 Å². The molecule has 18 heavy (non-hydrogen) atoms. The lowest BCUT2D eigenvalue weighted by Crippen LogP contribution is -2.31. The van der Waals surface area contributed by atoms with Crippen LogP contribution in [0.2, 0.25) is 0 Å². The molecule has 0 aromatic heterocycles. The van der Waals surface area contributed by atoms with Gasteiger partial charge in [-0.15, -0.1) is 0 Å². The van der Waals surface area contributed by atoms with Gasteiger partial charge in [0.25, 0.3) is 5.91 Å². The number of halogens is 1. The molecule has 0 heterocycles. The van der Waals surface area contributed by atoms with Crippen molar-refractivity contribution in [2.75, 3.05) is 13.6 Å². The maximum atomic E-state index is 13.9. The van der Waals surface area contributed by atoms with Gasteiger partial charge >= 0.3 is 0 Å². The SMILES string of the molecule is Cc1cccc(C(=O)N(C)CC2CCCC2)c1F. The number of nitrogens with zero attached hydrogens (tertiary/aromatic N) is 1. The molecule has 1 fully saturated rings. The summed E-state index contributed by atoms with van der Waals surface area (Å²) in [6, 6.07) is 4.98. The molecule has 1 aliphatic rings. The zero-order chi connectivity index (χ0) is 13.1. The van der Waals surface area contributed by atoms with Crippen molar-refractivity contribution in [3.05, 3.63) is 35.1 Å². The summed E-state index contributed by atoms with van der Waals surface area (Å²) in [6.07, 6.45) is 4.89. The van der Waals surface area contributed by atoms with Gasteiger partial charge < -0.3 is 4.90 Å². The fourth-order valence-electron chi connectivity index (χ4n) is 2.68. The number of carbonyl (C=O) groups excluding carboxylic acids is 1. The van der Waals surface area contributed by atoms with Gasteiger partial charge in [-0.25, -0.2) is 4.39 Å². The van der Waals surface area contributed by atoms with Crippen molar-refractivity contribution in [1.82, 2.24) is 4.90 Å². The van der Waals surface area contributed by atoms with Crippen LogP contribution in [0, 0.1) is 18.7 Å². The zero-order valence-electron chi connectivity index (χ0n) is 11.1. The minimum atomic E-state index is -0.388. The second kappa shape index (κ2) is 5.51. The van der Waals surface area contributed by atoms with E-state index in [9.17, 15) is 9.18 Å². The van der Waals surface area contributed by atoms with Crippen molar-refractivity contribution in [2.45, 2.75) is 32.6 Å². The lowest BCUT2D eigenvalue weighted by molar-refractivity contribution is 0.0768. The average molecular weight is 249 g/mol. The summed E-state index contributed by atoms with van der Waals surface area (Å²) in [7, 11) is 1.77. The van der Waals surface area contributed by atoms with Gasteiger partial charge in [-0.2, -0.15) is 0 Å². The molecule has 1 aliphatic carbocycles.